The monoisotopic (exact) mass is 504 g/mol. The quantitative estimate of drug-likeness (QED) is 0.246. The number of hydrogen-bond acceptors (Lipinski definition) is 5. The molecular formula is C32H26NO5+. The fourth-order valence-corrected chi connectivity index (χ4v) is 5.01. The van der Waals surface area contributed by atoms with Crippen LogP contribution >= 0.6 is 0 Å². The minimum Gasteiger partial charge on any atom is -0.495 e. The first-order chi connectivity index (χ1) is 18.6. The zero-order valence-corrected chi connectivity index (χ0v) is 21.1. The molecule has 6 nitrogen and oxygen atoms in total. The van der Waals surface area contributed by atoms with E-state index in [2.05, 4.69) is 0 Å². The molecule has 5 aromatic rings. The second kappa shape index (κ2) is 9.65. The first kappa shape index (κ1) is 23.7. The normalized spacial score (nSPS) is 12.1. The lowest BCUT2D eigenvalue weighted by Crippen LogP contribution is -2.31. The summed E-state index contributed by atoms with van der Waals surface area (Å²) in [5.41, 5.74) is 5.53. The van der Waals surface area contributed by atoms with E-state index in [1.54, 1.807) is 13.2 Å². The fourth-order valence-electron chi connectivity index (χ4n) is 5.01. The summed E-state index contributed by atoms with van der Waals surface area (Å²) in [5.74, 6) is 1.68. The zero-order chi connectivity index (χ0) is 26.2. The molecule has 0 bridgehead atoms. The Morgan fingerprint density at radius 1 is 0.921 bits per heavy atom. The molecule has 1 N–H and O–H groups in total. The molecule has 1 aliphatic heterocycles. The minimum atomic E-state index is -0.117. The van der Waals surface area contributed by atoms with Gasteiger partial charge in [0.05, 0.1) is 24.7 Å². The van der Waals surface area contributed by atoms with Crippen molar-refractivity contribution in [3.63, 3.8) is 0 Å². The largest absolute Gasteiger partial charge is 0.495 e. The summed E-state index contributed by atoms with van der Waals surface area (Å²) in [7, 11) is 3.52. The van der Waals surface area contributed by atoms with Gasteiger partial charge in [-0.25, -0.2) is 4.57 Å². The van der Waals surface area contributed by atoms with Gasteiger partial charge in [-0.2, -0.15) is 0 Å². The van der Waals surface area contributed by atoms with Crippen molar-refractivity contribution in [3.8, 4) is 39.6 Å². The van der Waals surface area contributed by atoms with Gasteiger partial charge in [-0.05, 0) is 28.6 Å². The Morgan fingerprint density at radius 2 is 1.63 bits per heavy atom. The van der Waals surface area contributed by atoms with E-state index in [-0.39, 0.29) is 19.2 Å². The molecule has 0 aliphatic carbocycles. The lowest BCUT2D eigenvalue weighted by molar-refractivity contribution is -0.659. The van der Waals surface area contributed by atoms with Crippen molar-refractivity contribution in [1.29, 1.82) is 0 Å². The molecule has 0 saturated heterocycles. The maximum absolute atomic E-state index is 13.9. The van der Waals surface area contributed by atoms with Crippen molar-refractivity contribution in [2.75, 3.05) is 13.9 Å². The molecule has 2 heterocycles. The summed E-state index contributed by atoms with van der Waals surface area (Å²) >= 11 is 0. The molecule has 0 saturated carbocycles. The van der Waals surface area contributed by atoms with Gasteiger partial charge in [0, 0.05) is 22.8 Å². The molecule has 0 amide bonds. The number of ether oxygens (including phenoxy) is 3. The number of rotatable bonds is 6. The highest BCUT2D eigenvalue weighted by atomic mass is 16.7. The average Bonchev–Trinajstić information content (AvgIpc) is 3.43. The molecule has 38 heavy (non-hydrogen) atoms. The maximum Gasteiger partial charge on any atom is 0.231 e. The summed E-state index contributed by atoms with van der Waals surface area (Å²) in [5, 5.41) is 11.5. The van der Waals surface area contributed by atoms with E-state index in [0.717, 1.165) is 33.2 Å². The molecular weight excluding hydrogens is 478 g/mol. The number of hydrogen-bond donors (Lipinski definition) is 1. The molecule has 188 valence electrons. The van der Waals surface area contributed by atoms with Gasteiger partial charge in [-0.15, -0.1) is 0 Å². The topological polar surface area (TPSA) is 68.9 Å². The molecule has 6 heteroatoms. The average molecular weight is 505 g/mol. The first-order valence-electron chi connectivity index (χ1n) is 12.3. The summed E-state index contributed by atoms with van der Waals surface area (Å²) in [6.45, 7) is -0.00236. The first-order valence-corrected chi connectivity index (χ1v) is 12.3. The molecule has 0 fully saturated rings. The number of pyridine rings is 1. The van der Waals surface area contributed by atoms with Crippen LogP contribution in [0.3, 0.4) is 0 Å². The molecule has 0 radical (unpaired) electrons. The van der Waals surface area contributed by atoms with Gasteiger partial charge in [0.25, 0.3) is 0 Å². The van der Waals surface area contributed by atoms with Crippen molar-refractivity contribution in [1.82, 2.24) is 0 Å². The zero-order valence-electron chi connectivity index (χ0n) is 21.1. The smallest absolute Gasteiger partial charge is 0.231 e. The van der Waals surface area contributed by atoms with Crippen LogP contribution in [0.15, 0.2) is 91.1 Å². The van der Waals surface area contributed by atoms with E-state index < -0.39 is 0 Å². The molecule has 1 aromatic heterocycles. The second-order valence-corrected chi connectivity index (χ2v) is 9.21. The van der Waals surface area contributed by atoms with Crippen LogP contribution in [-0.4, -0.2) is 24.8 Å². The number of methoxy groups -OCH3 is 1. The van der Waals surface area contributed by atoms with Gasteiger partial charge in [0.15, 0.2) is 23.5 Å². The molecule has 0 unspecified atom stereocenters. The lowest BCUT2D eigenvalue weighted by atomic mass is 9.93. The van der Waals surface area contributed by atoms with Crippen LogP contribution in [0, 0.1) is 0 Å². The van der Waals surface area contributed by atoms with Crippen molar-refractivity contribution in [2.45, 2.75) is 6.61 Å². The highest BCUT2D eigenvalue weighted by Gasteiger charge is 2.27. The van der Waals surface area contributed by atoms with Gasteiger partial charge in [-0.1, -0.05) is 66.7 Å². The number of aryl methyl sites for hydroxylation is 1. The number of aromatic nitrogens is 1. The van der Waals surface area contributed by atoms with E-state index in [1.165, 1.54) is 0 Å². The summed E-state index contributed by atoms with van der Waals surface area (Å²) in [6.07, 6.45) is 1.95. The van der Waals surface area contributed by atoms with Gasteiger partial charge < -0.3 is 19.3 Å². The summed E-state index contributed by atoms with van der Waals surface area (Å²) in [6, 6.07) is 27.2. The third kappa shape index (κ3) is 4.05. The van der Waals surface area contributed by atoms with Crippen LogP contribution in [0.5, 0.6) is 17.2 Å². The van der Waals surface area contributed by atoms with Crippen LogP contribution in [-0.2, 0) is 13.7 Å². The van der Waals surface area contributed by atoms with Crippen molar-refractivity contribution >= 4 is 16.6 Å². The Kier molecular flexibility index (Phi) is 6.02. The molecule has 6 rings (SSSR count). The second-order valence-electron chi connectivity index (χ2n) is 9.21. The van der Waals surface area contributed by atoms with Gasteiger partial charge in [0.2, 0.25) is 12.5 Å². The van der Waals surface area contributed by atoms with E-state index in [0.29, 0.717) is 33.9 Å². The van der Waals surface area contributed by atoms with E-state index >= 15 is 0 Å². The van der Waals surface area contributed by atoms with Gasteiger partial charge in [0.1, 0.15) is 12.8 Å². The van der Waals surface area contributed by atoms with Crippen molar-refractivity contribution < 1.29 is 28.7 Å². The number of nitrogens with zero attached hydrogens (tertiary/aromatic N) is 1. The third-order valence-corrected chi connectivity index (χ3v) is 6.97. The molecule has 1 aliphatic rings. The lowest BCUT2D eigenvalue weighted by Gasteiger charge is -2.13. The molecule has 0 atom stereocenters. The van der Waals surface area contributed by atoms with Gasteiger partial charge in [-0.3, -0.25) is 4.79 Å². The third-order valence-electron chi connectivity index (χ3n) is 6.97. The number of benzene rings is 4. The number of aliphatic hydroxyl groups is 1. The van der Waals surface area contributed by atoms with Crippen LogP contribution in [0.2, 0.25) is 0 Å². The highest BCUT2D eigenvalue weighted by Crippen LogP contribution is 2.40. The Morgan fingerprint density at radius 3 is 2.34 bits per heavy atom. The predicted octanol–water partition coefficient (Wildman–Crippen LogP) is 5.46. The van der Waals surface area contributed by atoms with E-state index in [4.69, 9.17) is 14.2 Å². The van der Waals surface area contributed by atoms with Gasteiger partial charge >= 0.3 is 0 Å². The maximum atomic E-state index is 13.9. The minimum absolute atomic E-state index is 0.105. The highest BCUT2D eigenvalue weighted by molar-refractivity contribution is 6.13. The SMILES string of the molecule is COc1c(CO)ccc2cc(-c3cc4c(cc3C(=O)c3ccc(-c5ccccc5)cc3)OCO4)[n+](C)cc12. The van der Waals surface area contributed by atoms with E-state index in [1.807, 2.05) is 96.7 Å². The fraction of sp³-hybridized carbons (Fsp3) is 0.125. The summed E-state index contributed by atoms with van der Waals surface area (Å²) < 4.78 is 18.9. The summed E-state index contributed by atoms with van der Waals surface area (Å²) in [4.78, 5) is 13.9. The van der Waals surface area contributed by atoms with Crippen LogP contribution < -0.4 is 18.8 Å². The molecule has 4 aromatic carbocycles. The Hall–Kier alpha value is -4.68. The van der Waals surface area contributed by atoms with Crippen LogP contribution in [0.4, 0.5) is 0 Å². The number of aliphatic hydroxyl groups excluding tert-OH is 1. The van der Waals surface area contributed by atoms with E-state index in [9.17, 15) is 9.90 Å². The Labute approximate surface area is 220 Å². The van der Waals surface area contributed by atoms with Crippen molar-refractivity contribution in [3.05, 3.63) is 108 Å². The standard InChI is InChI=1S/C32H26NO5/c1-33-17-27-23(12-13-24(18-34)32(27)36-2)14-28(33)25-15-29-30(38-19-37-29)16-26(25)31(35)22-10-8-21(9-11-22)20-6-4-3-5-7-20/h3-17,34H,18-19H2,1-2H3/q+1. The number of ketones is 1. The van der Waals surface area contributed by atoms with Crippen LogP contribution in [0.1, 0.15) is 21.5 Å². The molecule has 0 spiro atoms. The Balaban J connectivity index is 1.47. The number of fused-ring (bicyclic) bond motifs is 2. The number of carbonyl (C=O) groups excluding carboxylic acids is 1. The number of carbonyl (C=O) groups is 1. The Bertz CT molecular complexity index is 1680. The van der Waals surface area contributed by atoms with Crippen LogP contribution in [0.25, 0.3) is 33.2 Å². The predicted molar refractivity (Wildman–Crippen MR) is 144 cm³/mol. The van der Waals surface area contributed by atoms with Crippen molar-refractivity contribution in [2.24, 2.45) is 7.05 Å².